The molecule has 0 bridgehead atoms. The van der Waals surface area contributed by atoms with Gasteiger partial charge in [-0.1, -0.05) is 36.4 Å². The summed E-state index contributed by atoms with van der Waals surface area (Å²) in [5.41, 5.74) is 2.06. The molecule has 4 nitrogen and oxygen atoms in total. The first-order chi connectivity index (χ1) is 9.85. The van der Waals surface area contributed by atoms with Crippen molar-refractivity contribution in [2.45, 2.75) is 25.7 Å². The predicted molar refractivity (Wildman–Crippen MR) is 87.3 cm³/mol. The Morgan fingerprint density at radius 3 is 2.86 bits per heavy atom. The van der Waals surface area contributed by atoms with Crippen molar-refractivity contribution in [1.29, 1.82) is 0 Å². The molecule has 1 heterocycles. The number of fused-ring (bicyclic) bond motifs is 1. The van der Waals surface area contributed by atoms with Gasteiger partial charge in [-0.3, -0.25) is 9.59 Å². The van der Waals surface area contributed by atoms with Gasteiger partial charge < -0.3 is 10.2 Å². The minimum atomic E-state index is -0.256. The van der Waals surface area contributed by atoms with Crippen LogP contribution in [0, 0.1) is 0 Å². The van der Waals surface area contributed by atoms with E-state index >= 15 is 0 Å². The average Bonchev–Trinajstić information content (AvgIpc) is 2.70. The van der Waals surface area contributed by atoms with Crippen LogP contribution >= 0.6 is 15.9 Å². The lowest BCUT2D eigenvalue weighted by atomic mass is 9.87. The van der Waals surface area contributed by atoms with E-state index in [1.54, 1.807) is 0 Å². The summed E-state index contributed by atoms with van der Waals surface area (Å²) in [5, 5.41) is 2.63. The highest BCUT2D eigenvalue weighted by Crippen LogP contribution is 2.41. The zero-order valence-corrected chi connectivity index (χ0v) is 13.9. The number of anilines is 1. The molecule has 0 aromatic heterocycles. The molecule has 0 fully saturated rings. The molecule has 2 amide bonds. The summed E-state index contributed by atoms with van der Waals surface area (Å²) < 4.78 is 1.02. The zero-order chi connectivity index (χ0) is 15.6. The Bertz CT molecular complexity index is 596. The lowest BCUT2D eigenvalue weighted by Gasteiger charge is -2.20. The maximum absolute atomic E-state index is 12.4. The Morgan fingerprint density at radius 2 is 2.19 bits per heavy atom. The van der Waals surface area contributed by atoms with E-state index in [1.165, 1.54) is 11.6 Å². The predicted octanol–water partition coefficient (Wildman–Crippen LogP) is 2.77. The number of benzene rings is 1. The molecule has 0 spiro atoms. The first-order valence-electron chi connectivity index (χ1n) is 6.86. The summed E-state index contributed by atoms with van der Waals surface area (Å²) in [6, 6.07) is 5.98. The maximum Gasteiger partial charge on any atom is 0.243 e. The van der Waals surface area contributed by atoms with E-state index < -0.39 is 0 Å². The van der Waals surface area contributed by atoms with E-state index in [2.05, 4.69) is 47.7 Å². The van der Waals surface area contributed by atoms with Crippen LogP contribution in [0.2, 0.25) is 0 Å². The lowest BCUT2D eigenvalue weighted by Crippen LogP contribution is -2.36. The summed E-state index contributed by atoms with van der Waals surface area (Å²) in [7, 11) is 0. The van der Waals surface area contributed by atoms with Gasteiger partial charge in [0.2, 0.25) is 11.8 Å². The third-order valence-electron chi connectivity index (χ3n) is 3.66. The van der Waals surface area contributed by atoms with Crippen molar-refractivity contribution < 1.29 is 9.59 Å². The number of hydrogen-bond acceptors (Lipinski definition) is 2. The molecule has 2 rings (SSSR count). The van der Waals surface area contributed by atoms with Gasteiger partial charge in [-0.15, -0.1) is 0 Å². The Kier molecular flexibility index (Phi) is 4.52. The number of nitrogens with zero attached hydrogens (tertiary/aromatic N) is 1. The van der Waals surface area contributed by atoms with Crippen LogP contribution in [0.3, 0.4) is 0 Å². The van der Waals surface area contributed by atoms with Crippen molar-refractivity contribution in [3.63, 3.8) is 0 Å². The largest absolute Gasteiger partial charge is 0.352 e. The SMILES string of the molecule is C=CC(=O)NCCC(=O)N1CC(C)(C)c2cc(Br)ccc21. The third kappa shape index (κ3) is 3.35. The van der Waals surface area contributed by atoms with Crippen LogP contribution in [0.15, 0.2) is 35.3 Å². The van der Waals surface area contributed by atoms with Crippen LogP contribution in [0.25, 0.3) is 0 Å². The third-order valence-corrected chi connectivity index (χ3v) is 4.15. The van der Waals surface area contributed by atoms with Crippen molar-refractivity contribution in [2.75, 3.05) is 18.0 Å². The van der Waals surface area contributed by atoms with Gasteiger partial charge in [0.15, 0.2) is 0 Å². The second-order valence-electron chi connectivity index (χ2n) is 5.77. The van der Waals surface area contributed by atoms with Gasteiger partial charge in [0.1, 0.15) is 0 Å². The van der Waals surface area contributed by atoms with Gasteiger partial charge in [-0.25, -0.2) is 0 Å². The Labute approximate surface area is 133 Å². The van der Waals surface area contributed by atoms with Crippen LogP contribution < -0.4 is 10.2 Å². The van der Waals surface area contributed by atoms with Gasteiger partial charge in [0.05, 0.1) is 0 Å². The number of hydrogen-bond donors (Lipinski definition) is 1. The summed E-state index contributed by atoms with van der Waals surface area (Å²) in [4.78, 5) is 25.3. The average molecular weight is 351 g/mol. The maximum atomic E-state index is 12.4. The number of carbonyl (C=O) groups excluding carboxylic acids is 2. The summed E-state index contributed by atoms with van der Waals surface area (Å²) in [5.74, 6) is -0.234. The molecule has 5 heteroatoms. The van der Waals surface area contributed by atoms with Crippen molar-refractivity contribution in [1.82, 2.24) is 5.32 Å². The Balaban J connectivity index is 2.11. The van der Waals surface area contributed by atoms with Crippen LogP contribution in [0.1, 0.15) is 25.8 Å². The molecule has 1 aliphatic heterocycles. The van der Waals surface area contributed by atoms with Gasteiger partial charge in [0.25, 0.3) is 0 Å². The van der Waals surface area contributed by atoms with E-state index in [9.17, 15) is 9.59 Å². The molecule has 112 valence electrons. The smallest absolute Gasteiger partial charge is 0.243 e. The molecule has 0 aliphatic carbocycles. The first-order valence-corrected chi connectivity index (χ1v) is 7.65. The number of halogens is 1. The monoisotopic (exact) mass is 350 g/mol. The fourth-order valence-corrected chi connectivity index (χ4v) is 2.93. The van der Waals surface area contributed by atoms with Gasteiger partial charge in [0, 0.05) is 35.1 Å². The topological polar surface area (TPSA) is 49.4 Å². The van der Waals surface area contributed by atoms with Crippen molar-refractivity contribution in [3.05, 3.63) is 40.9 Å². The fraction of sp³-hybridized carbons (Fsp3) is 0.375. The molecule has 0 atom stereocenters. The molecule has 0 saturated carbocycles. The highest BCUT2D eigenvalue weighted by Gasteiger charge is 2.37. The highest BCUT2D eigenvalue weighted by atomic mass is 79.9. The van der Waals surface area contributed by atoms with E-state index in [4.69, 9.17) is 0 Å². The minimum absolute atomic E-state index is 0.0218. The Morgan fingerprint density at radius 1 is 1.48 bits per heavy atom. The van der Waals surface area contributed by atoms with E-state index in [-0.39, 0.29) is 23.7 Å². The second-order valence-corrected chi connectivity index (χ2v) is 6.69. The van der Waals surface area contributed by atoms with Gasteiger partial charge in [-0.05, 0) is 29.8 Å². The van der Waals surface area contributed by atoms with Crippen LogP contribution in [0.5, 0.6) is 0 Å². The minimum Gasteiger partial charge on any atom is -0.352 e. The number of amides is 2. The molecular formula is C16H19BrN2O2. The van der Waals surface area contributed by atoms with Crippen molar-refractivity contribution in [3.8, 4) is 0 Å². The molecule has 1 aromatic carbocycles. The molecule has 1 N–H and O–H groups in total. The van der Waals surface area contributed by atoms with Crippen molar-refractivity contribution in [2.24, 2.45) is 0 Å². The lowest BCUT2D eigenvalue weighted by molar-refractivity contribution is -0.119. The highest BCUT2D eigenvalue weighted by molar-refractivity contribution is 9.10. The van der Waals surface area contributed by atoms with E-state index in [1.807, 2.05) is 17.0 Å². The molecule has 0 radical (unpaired) electrons. The summed E-state index contributed by atoms with van der Waals surface area (Å²) in [6.07, 6.45) is 1.49. The number of nitrogens with one attached hydrogen (secondary N) is 1. The standard InChI is InChI=1S/C16H19BrN2O2/c1-4-14(20)18-8-7-15(21)19-10-16(2,3)12-9-11(17)5-6-13(12)19/h4-6,9H,1,7-8,10H2,2-3H3,(H,18,20). The molecule has 0 saturated heterocycles. The fourth-order valence-electron chi connectivity index (χ4n) is 2.57. The van der Waals surface area contributed by atoms with Gasteiger partial charge in [-0.2, -0.15) is 0 Å². The molecular weight excluding hydrogens is 332 g/mol. The van der Waals surface area contributed by atoms with Crippen LogP contribution in [-0.4, -0.2) is 24.9 Å². The zero-order valence-electron chi connectivity index (χ0n) is 12.3. The molecule has 1 aromatic rings. The number of rotatable bonds is 4. The van der Waals surface area contributed by atoms with E-state index in [0.29, 0.717) is 13.1 Å². The van der Waals surface area contributed by atoms with Crippen LogP contribution in [0.4, 0.5) is 5.69 Å². The number of carbonyl (C=O) groups is 2. The van der Waals surface area contributed by atoms with Crippen molar-refractivity contribution >= 4 is 33.4 Å². The first kappa shape index (κ1) is 15.8. The quantitative estimate of drug-likeness (QED) is 0.848. The molecule has 1 aliphatic rings. The summed E-state index contributed by atoms with van der Waals surface area (Å²) >= 11 is 3.48. The molecule has 0 unspecified atom stereocenters. The Hall–Kier alpha value is -1.62. The van der Waals surface area contributed by atoms with Gasteiger partial charge >= 0.3 is 0 Å². The van der Waals surface area contributed by atoms with Crippen LogP contribution in [-0.2, 0) is 15.0 Å². The normalized spacial score (nSPS) is 15.5. The second kappa shape index (κ2) is 6.02. The van der Waals surface area contributed by atoms with E-state index in [0.717, 1.165) is 10.2 Å². The molecule has 21 heavy (non-hydrogen) atoms. The summed E-state index contributed by atoms with van der Waals surface area (Å²) in [6.45, 7) is 8.63.